The smallest absolute Gasteiger partial charge is 0.158 e. The van der Waals surface area contributed by atoms with E-state index in [1.807, 2.05) is 0 Å². The van der Waals surface area contributed by atoms with Crippen LogP contribution in [0.25, 0.3) is 17.1 Å². The van der Waals surface area contributed by atoms with Crippen LogP contribution in [0, 0.1) is 17.0 Å². The minimum atomic E-state index is -3.14. The van der Waals surface area contributed by atoms with E-state index in [1.54, 1.807) is 18.3 Å². The molecule has 3 aromatic heterocycles. The van der Waals surface area contributed by atoms with Crippen molar-refractivity contribution in [1.82, 2.24) is 34.9 Å². The molecule has 2 aliphatic carbocycles. The Morgan fingerprint density at radius 2 is 1.87 bits per heavy atom. The lowest BCUT2D eigenvalue weighted by Crippen LogP contribution is -2.39. The quantitative estimate of drug-likeness (QED) is 0.366. The molecular formula is C26H25F2N7O2S. The molecule has 1 saturated carbocycles. The molecule has 0 aliphatic heterocycles. The minimum Gasteiger partial charge on any atom is -0.240 e. The monoisotopic (exact) mass is 537 g/mol. The van der Waals surface area contributed by atoms with Crippen molar-refractivity contribution in [2.45, 2.75) is 44.4 Å². The maximum absolute atomic E-state index is 14.5. The summed E-state index contributed by atoms with van der Waals surface area (Å²) in [4.78, 5) is 13.7. The van der Waals surface area contributed by atoms with E-state index in [0.29, 0.717) is 17.5 Å². The summed E-state index contributed by atoms with van der Waals surface area (Å²) in [5.74, 6) is 0.135. The molecule has 38 heavy (non-hydrogen) atoms. The summed E-state index contributed by atoms with van der Waals surface area (Å²) in [6, 6.07) is 7.21. The van der Waals surface area contributed by atoms with Crippen LogP contribution >= 0.6 is 0 Å². The van der Waals surface area contributed by atoms with Gasteiger partial charge in [-0.1, -0.05) is 19.9 Å². The molecule has 196 valence electrons. The highest BCUT2D eigenvalue weighted by Gasteiger charge is 2.66. The molecule has 9 nitrogen and oxygen atoms in total. The van der Waals surface area contributed by atoms with Crippen LogP contribution < -0.4 is 0 Å². The second-order valence-electron chi connectivity index (χ2n) is 10.6. The highest BCUT2D eigenvalue weighted by Crippen LogP contribution is 2.69. The molecule has 0 unspecified atom stereocenters. The first-order valence-corrected chi connectivity index (χ1v) is 14.3. The van der Waals surface area contributed by atoms with Crippen molar-refractivity contribution >= 4 is 9.84 Å². The van der Waals surface area contributed by atoms with E-state index >= 15 is 0 Å². The van der Waals surface area contributed by atoms with Crippen LogP contribution in [0.5, 0.6) is 0 Å². The van der Waals surface area contributed by atoms with Gasteiger partial charge in [-0.05, 0) is 47.9 Å². The van der Waals surface area contributed by atoms with E-state index in [0.717, 1.165) is 24.1 Å². The van der Waals surface area contributed by atoms with Crippen LogP contribution in [0.15, 0.2) is 42.9 Å². The fourth-order valence-corrected chi connectivity index (χ4v) is 6.72. The zero-order chi connectivity index (χ0) is 26.9. The first-order valence-electron chi connectivity index (χ1n) is 12.3. The maximum Gasteiger partial charge on any atom is 0.158 e. The minimum absolute atomic E-state index is 0.0427. The van der Waals surface area contributed by atoms with Gasteiger partial charge in [0.2, 0.25) is 0 Å². The lowest BCUT2D eigenvalue weighted by molar-refractivity contribution is 0.237. The average Bonchev–Trinajstić information content (AvgIpc) is 3.50. The fraction of sp³-hybridized carbons (Fsp3) is 0.385. The number of halogens is 2. The average molecular weight is 538 g/mol. The highest BCUT2D eigenvalue weighted by molar-refractivity contribution is 7.90. The Kier molecular flexibility index (Phi) is 5.46. The van der Waals surface area contributed by atoms with Gasteiger partial charge in [-0.3, -0.25) is 0 Å². The largest absolute Gasteiger partial charge is 0.240 e. The van der Waals surface area contributed by atoms with E-state index in [9.17, 15) is 17.2 Å². The highest BCUT2D eigenvalue weighted by atomic mass is 32.2. The van der Waals surface area contributed by atoms with Crippen LogP contribution in [0.4, 0.5) is 8.78 Å². The van der Waals surface area contributed by atoms with Gasteiger partial charge in [-0.15, -0.1) is 10.2 Å². The van der Waals surface area contributed by atoms with E-state index in [4.69, 9.17) is 4.98 Å². The van der Waals surface area contributed by atoms with Crippen molar-refractivity contribution in [3.63, 3.8) is 0 Å². The maximum atomic E-state index is 14.5. The third-order valence-corrected chi connectivity index (χ3v) is 9.04. The van der Waals surface area contributed by atoms with Crippen LogP contribution in [-0.4, -0.2) is 55.4 Å². The molecule has 1 fully saturated rings. The molecule has 6 rings (SSSR count). The molecule has 3 heterocycles. The summed E-state index contributed by atoms with van der Waals surface area (Å²) in [5.41, 5.74) is 0.626. The molecule has 12 heteroatoms. The number of aromatic nitrogens is 7. The molecule has 2 aliphatic rings. The Morgan fingerprint density at radius 1 is 1.11 bits per heavy atom. The van der Waals surface area contributed by atoms with Crippen LogP contribution in [-0.2, 0) is 21.7 Å². The lowest BCUT2D eigenvalue weighted by Gasteiger charge is -2.36. The van der Waals surface area contributed by atoms with Gasteiger partial charge in [0, 0.05) is 24.9 Å². The zero-order valence-electron chi connectivity index (χ0n) is 21.1. The molecule has 2 atom stereocenters. The van der Waals surface area contributed by atoms with Crippen molar-refractivity contribution in [2.24, 2.45) is 5.41 Å². The second-order valence-corrected chi connectivity index (χ2v) is 12.8. The van der Waals surface area contributed by atoms with Crippen LogP contribution in [0.3, 0.4) is 0 Å². The van der Waals surface area contributed by atoms with Crippen molar-refractivity contribution < 1.29 is 17.2 Å². The third kappa shape index (κ3) is 3.64. The number of sulfone groups is 1. The number of benzene rings is 1. The summed E-state index contributed by atoms with van der Waals surface area (Å²) in [5, 5.41) is 13.2. The lowest BCUT2D eigenvalue weighted by atomic mass is 9.68. The summed E-state index contributed by atoms with van der Waals surface area (Å²) in [7, 11) is -3.14. The van der Waals surface area contributed by atoms with Crippen LogP contribution in [0.1, 0.15) is 55.5 Å². The topological polar surface area (TPSA) is 116 Å². The molecule has 0 saturated heterocycles. The Hall–Kier alpha value is -3.67. The number of hydrogen-bond acceptors (Lipinski definition) is 8. The predicted molar refractivity (Wildman–Crippen MR) is 134 cm³/mol. The first-order chi connectivity index (χ1) is 18.0. The van der Waals surface area contributed by atoms with Gasteiger partial charge in [0.05, 0.1) is 28.1 Å². The van der Waals surface area contributed by atoms with Gasteiger partial charge in [-0.25, -0.2) is 36.8 Å². The molecule has 0 spiro atoms. The molecular weight excluding hydrogens is 512 g/mol. The zero-order valence-corrected chi connectivity index (χ0v) is 21.9. The van der Waals surface area contributed by atoms with Gasteiger partial charge in [0.15, 0.2) is 11.6 Å². The fourth-order valence-electron chi connectivity index (χ4n) is 6.16. The molecule has 2 bridgehead atoms. The van der Waals surface area contributed by atoms with E-state index in [2.05, 4.69) is 39.1 Å². The Labute approximate surface area is 218 Å². The molecule has 1 aromatic carbocycles. The molecule has 0 radical (unpaired) electrons. The summed E-state index contributed by atoms with van der Waals surface area (Å²) >= 11 is 0. The number of fused-ring (bicyclic) bond motifs is 5. The normalized spacial score (nSPS) is 21.6. The first kappa shape index (κ1) is 24.7. The van der Waals surface area contributed by atoms with Crippen molar-refractivity contribution in [3.05, 3.63) is 77.4 Å². The predicted octanol–water partition coefficient (Wildman–Crippen LogP) is 3.58. The van der Waals surface area contributed by atoms with Crippen molar-refractivity contribution in [3.8, 4) is 17.1 Å². The molecule has 4 aromatic rings. The summed E-state index contributed by atoms with van der Waals surface area (Å²) in [6.45, 7) is 4.29. The van der Waals surface area contributed by atoms with Gasteiger partial charge in [0.25, 0.3) is 0 Å². The number of hydrogen-bond donors (Lipinski definition) is 0. The van der Waals surface area contributed by atoms with Crippen molar-refractivity contribution in [1.29, 1.82) is 0 Å². The summed E-state index contributed by atoms with van der Waals surface area (Å²) in [6.07, 6.45) is 6.13. The number of rotatable bonds is 6. The molecule has 0 amide bonds. The van der Waals surface area contributed by atoms with Crippen LogP contribution in [0.2, 0.25) is 0 Å². The van der Waals surface area contributed by atoms with E-state index in [-0.39, 0.29) is 34.8 Å². The SMILES string of the molecule is CC1(C)[C@H]2CC[C@]1(c1nccc(-n3cnc(CCS(C)(=O)=O)n3)n1)c1nnc(-c3c(F)cccc3F)cc12. The third-order valence-electron chi connectivity index (χ3n) is 8.09. The Morgan fingerprint density at radius 3 is 2.61 bits per heavy atom. The van der Waals surface area contributed by atoms with Gasteiger partial charge in [-0.2, -0.15) is 5.10 Å². The second kappa shape index (κ2) is 8.42. The standard InChI is InChI=1S/C26H25F2N7O2S/c1-25(2)16-7-10-26(25,23-15(16)13-19(32-33-23)22-17(27)5-4-6-18(22)28)24-29-11-8-21(31-24)35-14-30-20(34-35)9-12-38(3,36)37/h4-6,8,11,13-14,16H,7,9-10,12H2,1-3H3/t16-,26+/m0/s1. The van der Waals surface area contributed by atoms with E-state index in [1.165, 1.54) is 35.5 Å². The van der Waals surface area contributed by atoms with Gasteiger partial charge < -0.3 is 0 Å². The number of nitrogens with zero attached hydrogens (tertiary/aromatic N) is 7. The van der Waals surface area contributed by atoms with E-state index < -0.39 is 26.9 Å². The number of aryl methyl sites for hydroxylation is 1. The summed E-state index contributed by atoms with van der Waals surface area (Å²) < 4.78 is 53.5. The van der Waals surface area contributed by atoms with Gasteiger partial charge >= 0.3 is 0 Å². The molecule has 0 N–H and O–H groups in total. The Balaban J connectivity index is 1.41. The Bertz CT molecular complexity index is 1670. The van der Waals surface area contributed by atoms with Crippen molar-refractivity contribution in [2.75, 3.05) is 12.0 Å². The van der Waals surface area contributed by atoms with Gasteiger partial charge in [0.1, 0.15) is 33.6 Å².